The number of nitrogens with one attached hydrogen (secondary N) is 1. The van der Waals surface area contributed by atoms with E-state index in [-0.39, 0.29) is 18.0 Å². The molecular formula is C19H31N5O3. The lowest BCUT2D eigenvalue weighted by Gasteiger charge is -2.33. The van der Waals surface area contributed by atoms with Crippen LogP contribution in [0.1, 0.15) is 44.0 Å². The molecule has 1 aromatic heterocycles. The summed E-state index contributed by atoms with van der Waals surface area (Å²) >= 11 is 0. The summed E-state index contributed by atoms with van der Waals surface area (Å²) in [5.74, 6) is -0.136. The second-order valence-electron chi connectivity index (χ2n) is 7.57. The SMILES string of the molecule is Cc1nc(OC(C)C(=O)NC2CCN(CC3CCCO3)CC2)nc(C)c1N. The number of likely N-dealkylation sites (tertiary alicyclic amines) is 1. The summed E-state index contributed by atoms with van der Waals surface area (Å²) in [4.78, 5) is 23.3. The third-order valence-corrected chi connectivity index (χ3v) is 5.38. The fraction of sp³-hybridized carbons (Fsp3) is 0.737. The zero-order valence-electron chi connectivity index (χ0n) is 16.5. The maximum Gasteiger partial charge on any atom is 0.317 e. The Balaban J connectivity index is 1.43. The molecule has 1 aromatic rings. The first-order valence-electron chi connectivity index (χ1n) is 9.84. The summed E-state index contributed by atoms with van der Waals surface area (Å²) in [6.07, 6.45) is 3.96. The normalized spacial score (nSPS) is 22.6. The third kappa shape index (κ3) is 5.29. The van der Waals surface area contributed by atoms with Gasteiger partial charge in [-0.05, 0) is 46.5 Å². The predicted octanol–water partition coefficient (Wildman–Crippen LogP) is 1.20. The van der Waals surface area contributed by atoms with Crippen molar-refractivity contribution < 1.29 is 14.3 Å². The molecule has 2 saturated heterocycles. The molecule has 0 radical (unpaired) electrons. The Morgan fingerprint density at radius 3 is 2.56 bits per heavy atom. The maximum absolute atomic E-state index is 12.5. The number of hydrogen-bond acceptors (Lipinski definition) is 7. The second-order valence-corrected chi connectivity index (χ2v) is 7.57. The molecule has 150 valence electrons. The number of piperidine rings is 1. The Hall–Kier alpha value is -1.93. The fourth-order valence-corrected chi connectivity index (χ4v) is 3.61. The van der Waals surface area contributed by atoms with Crippen molar-refractivity contribution in [3.63, 3.8) is 0 Å². The van der Waals surface area contributed by atoms with Gasteiger partial charge in [-0.25, -0.2) is 0 Å². The number of nitrogens with two attached hydrogens (primary N) is 1. The molecule has 0 spiro atoms. The highest BCUT2D eigenvalue weighted by Gasteiger charge is 2.26. The van der Waals surface area contributed by atoms with E-state index >= 15 is 0 Å². The lowest BCUT2D eigenvalue weighted by atomic mass is 10.0. The van der Waals surface area contributed by atoms with Gasteiger partial charge in [-0.15, -0.1) is 0 Å². The van der Waals surface area contributed by atoms with Gasteiger partial charge < -0.3 is 25.4 Å². The number of hydrogen-bond donors (Lipinski definition) is 2. The highest BCUT2D eigenvalue weighted by atomic mass is 16.5. The second kappa shape index (κ2) is 8.84. The first-order chi connectivity index (χ1) is 12.9. The van der Waals surface area contributed by atoms with E-state index < -0.39 is 6.10 Å². The first kappa shape index (κ1) is 19.8. The van der Waals surface area contributed by atoms with Gasteiger partial charge in [0.2, 0.25) is 0 Å². The standard InChI is InChI=1S/C19H31N5O3/c1-12-17(20)13(2)22-19(21-12)27-14(3)18(25)23-15-6-8-24(9-7-15)11-16-5-4-10-26-16/h14-16H,4-11,20H2,1-3H3,(H,23,25). The maximum atomic E-state index is 12.5. The molecule has 8 nitrogen and oxygen atoms in total. The molecular weight excluding hydrogens is 346 g/mol. The number of nitrogens with zero attached hydrogens (tertiary/aromatic N) is 3. The number of carbonyl (C=O) groups excluding carboxylic acids is 1. The van der Waals surface area contributed by atoms with Gasteiger partial charge in [0, 0.05) is 32.3 Å². The minimum atomic E-state index is -0.655. The van der Waals surface area contributed by atoms with Gasteiger partial charge in [-0.3, -0.25) is 4.79 Å². The lowest BCUT2D eigenvalue weighted by Crippen LogP contribution is -2.49. The molecule has 2 unspecified atom stereocenters. The minimum Gasteiger partial charge on any atom is -0.450 e. The van der Waals surface area contributed by atoms with Crippen molar-refractivity contribution >= 4 is 11.6 Å². The van der Waals surface area contributed by atoms with Gasteiger partial charge in [0.15, 0.2) is 6.10 Å². The van der Waals surface area contributed by atoms with E-state index in [9.17, 15) is 4.79 Å². The first-order valence-corrected chi connectivity index (χ1v) is 9.84. The Morgan fingerprint density at radius 2 is 1.96 bits per heavy atom. The van der Waals surface area contributed by atoms with Crippen molar-refractivity contribution in [2.24, 2.45) is 0 Å². The molecule has 0 aromatic carbocycles. The lowest BCUT2D eigenvalue weighted by molar-refractivity contribution is -0.128. The van der Waals surface area contributed by atoms with E-state index in [1.165, 1.54) is 6.42 Å². The van der Waals surface area contributed by atoms with Crippen LogP contribution >= 0.6 is 0 Å². The number of aromatic nitrogens is 2. The van der Waals surface area contributed by atoms with Crippen LogP contribution in [0.2, 0.25) is 0 Å². The quantitative estimate of drug-likeness (QED) is 0.768. The van der Waals surface area contributed by atoms with Crippen LogP contribution in [0.25, 0.3) is 0 Å². The van der Waals surface area contributed by atoms with Crippen molar-refractivity contribution in [1.82, 2.24) is 20.2 Å². The van der Waals surface area contributed by atoms with Crippen LogP contribution < -0.4 is 15.8 Å². The fourth-order valence-electron chi connectivity index (χ4n) is 3.61. The van der Waals surface area contributed by atoms with E-state index in [1.54, 1.807) is 20.8 Å². The highest BCUT2D eigenvalue weighted by molar-refractivity contribution is 5.80. The van der Waals surface area contributed by atoms with Gasteiger partial charge in [0.25, 0.3) is 5.91 Å². The number of aryl methyl sites for hydroxylation is 2. The van der Waals surface area contributed by atoms with Gasteiger partial charge in [-0.2, -0.15) is 9.97 Å². The van der Waals surface area contributed by atoms with Crippen molar-refractivity contribution in [3.8, 4) is 6.01 Å². The third-order valence-electron chi connectivity index (χ3n) is 5.38. The van der Waals surface area contributed by atoms with E-state index in [0.29, 0.717) is 23.2 Å². The summed E-state index contributed by atoms with van der Waals surface area (Å²) in [5, 5.41) is 3.09. The summed E-state index contributed by atoms with van der Waals surface area (Å²) in [7, 11) is 0. The number of ether oxygens (including phenoxy) is 2. The molecule has 1 amide bonds. The number of nitrogen functional groups attached to an aromatic ring is 1. The van der Waals surface area contributed by atoms with Crippen LogP contribution in [0, 0.1) is 13.8 Å². The van der Waals surface area contributed by atoms with Gasteiger partial charge >= 0.3 is 6.01 Å². The van der Waals surface area contributed by atoms with Crippen molar-refractivity contribution in [3.05, 3.63) is 11.4 Å². The van der Waals surface area contributed by atoms with Crippen LogP contribution in [-0.4, -0.2) is 65.3 Å². The Kier molecular flexibility index (Phi) is 6.49. The molecule has 0 bridgehead atoms. The van der Waals surface area contributed by atoms with Crippen LogP contribution in [0.4, 0.5) is 5.69 Å². The summed E-state index contributed by atoms with van der Waals surface area (Å²) in [5.41, 5.74) is 7.72. The Bertz CT molecular complexity index is 632. The van der Waals surface area contributed by atoms with Crippen molar-refractivity contribution in [2.45, 2.75) is 64.7 Å². The number of amides is 1. The predicted molar refractivity (Wildman–Crippen MR) is 103 cm³/mol. The van der Waals surface area contributed by atoms with Gasteiger partial charge in [-0.1, -0.05) is 0 Å². The average molecular weight is 377 g/mol. The molecule has 2 aliphatic rings. The smallest absolute Gasteiger partial charge is 0.317 e. The summed E-state index contributed by atoms with van der Waals surface area (Å²) < 4.78 is 11.3. The van der Waals surface area contributed by atoms with Crippen LogP contribution in [0.5, 0.6) is 6.01 Å². The average Bonchev–Trinajstić information content (AvgIpc) is 3.14. The van der Waals surface area contributed by atoms with Crippen LogP contribution in [0.15, 0.2) is 0 Å². The van der Waals surface area contributed by atoms with E-state index in [1.807, 2.05) is 0 Å². The van der Waals surface area contributed by atoms with E-state index in [2.05, 4.69) is 20.2 Å². The molecule has 3 heterocycles. The molecule has 2 atom stereocenters. The van der Waals surface area contributed by atoms with Crippen molar-refractivity contribution in [2.75, 3.05) is 32.0 Å². The van der Waals surface area contributed by atoms with Gasteiger partial charge in [0.1, 0.15) is 0 Å². The largest absolute Gasteiger partial charge is 0.450 e. The topological polar surface area (TPSA) is 103 Å². The number of carbonyl (C=O) groups is 1. The summed E-state index contributed by atoms with van der Waals surface area (Å²) in [6, 6.07) is 0.369. The molecule has 3 rings (SSSR count). The molecule has 0 aliphatic carbocycles. The van der Waals surface area contributed by atoms with E-state index in [0.717, 1.165) is 45.5 Å². The van der Waals surface area contributed by atoms with Crippen molar-refractivity contribution in [1.29, 1.82) is 0 Å². The zero-order chi connectivity index (χ0) is 19.4. The molecule has 27 heavy (non-hydrogen) atoms. The molecule has 3 N–H and O–H groups in total. The Morgan fingerprint density at radius 1 is 1.30 bits per heavy atom. The molecule has 8 heteroatoms. The minimum absolute atomic E-state index is 0.136. The van der Waals surface area contributed by atoms with E-state index in [4.69, 9.17) is 15.2 Å². The molecule has 0 saturated carbocycles. The molecule has 2 aliphatic heterocycles. The highest BCUT2D eigenvalue weighted by Crippen LogP contribution is 2.18. The number of anilines is 1. The monoisotopic (exact) mass is 377 g/mol. The Labute approximate surface area is 160 Å². The zero-order valence-corrected chi connectivity index (χ0v) is 16.5. The van der Waals surface area contributed by atoms with Crippen LogP contribution in [0.3, 0.4) is 0 Å². The van der Waals surface area contributed by atoms with Crippen LogP contribution in [-0.2, 0) is 9.53 Å². The molecule has 2 fully saturated rings. The van der Waals surface area contributed by atoms with Gasteiger partial charge in [0.05, 0.1) is 23.2 Å². The summed E-state index contributed by atoms with van der Waals surface area (Å²) in [6.45, 7) is 9.18. The number of rotatable bonds is 6.